The zero-order valence-electron chi connectivity index (χ0n) is 12.6. The van der Waals surface area contributed by atoms with Crippen LogP contribution in [0.15, 0.2) is 24.3 Å². The molecule has 4 nitrogen and oxygen atoms in total. The van der Waals surface area contributed by atoms with Crippen molar-refractivity contribution in [1.82, 2.24) is 4.90 Å². The van der Waals surface area contributed by atoms with E-state index < -0.39 is 0 Å². The molecule has 1 amide bonds. The average Bonchev–Trinajstić information content (AvgIpc) is 2.46. The molecule has 1 fully saturated rings. The minimum Gasteiger partial charge on any atom is -0.389 e. The van der Waals surface area contributed by atoms with E-state index in [1.54, 1.807) is 0 Å². The van der Waals surface area contributed by atoms with Gasteiger partial charge in [0.05, 0.1) is 6.04 Å². The van der Waals surface area contributed by atoms with Crippen LogP contribution < -0.4 is 11.1 Å². The van der Waals surface area contributed by atoms with Crippen molar-refractivity contribution in [2.45, 2.75) is 32.7 Å². The molecule has 1 saturated heterocycles. The zero-order chi connectivity index (χ0) is 15.4. The summed E-state index contributed by atoms with van der Waals surface area (Å²) in [6.07, 6.45) is 2.41. The summed E-state index contributed by atoms with van der Waals surface area (Å²) < 4.78 is 0. The maximum Gasteiger partial charge on any atom is 0.241 e. The highest BCUT2D eigenvalue weighted by Crippen LogP contribution is 2.19. The Kier molecular flexibility index (Phi) is 5.31. The van der Waals surface area contributed by atoms with Gasteiger partial charge >= 0.3 is 0 Å². The number of carbonyl (C=O) groups is 1. The molecule has 1 aliphatic rings. The van der Waals surface area contributed by atoms with Crippen molar-refractivity contribution in [3.63, 3.8) is 0 Å². The lowest BCUT2D eigenvalue weighted by Crippen LogP contribution is -2.46. The lowest BCUT2D eigenvalue weighted by atomic mass is 9.99. The number of carbonyl (C=O) groups excluding carboxylic acids is 1. The van der Waals surface area contributed by atoms with Gasteiger partial charge in [-0.25, -0.2) is 0 Å². The van der Waals surface area contributed by atoms with Crippen LogP contribution in [0.3, 0.4) is 0 Å². The van der Waals surface area contributed by atoms with Crippen LogP contribution in [-0.2, 0) is 4.79 Å². The van der Waals surface area contributed by atoms with E-state index in [0.717, 1.165) is 30.8 Å². The maximum absolute atomic E-state index is 12.4. The molecule has 0 radical (unpaired) electrons. The molecular weight excluding hydrogens is 282 g/mol. The van der Waals surface area contributed by atoms with Gasteiger partial charge in [-0.05, 0) is 44.4 Å². The van der Waals surface area contributed by atoms with Crippen molar-refractivity contribution < 1.29 is 4.79 Å². The van der Waals surface area contributed by atoms with Crippen molar-refractivity contribution in [3.8, 4) is 0 Å². The number of nitrogens with one attached hydrogen (secondary N) is 1. The Morgan fingerprint density at radius 1 is 1.52 bits per heavy atom. The van der Waals surface area contributed by atoms with Gasteiger partial charge in [-0.1, -0.05) is 31.3 Å². The number of nitrogens with two attached hydrogens (primary N) is 1. The summed E-state index contributed by atoms with van der Waals surface area (Å²) in [6, 6.07) is 7.23. The van der Waals surface area contributed by atoms with Crippen LogP contribution in [0.2, 0.25) is 0 Å². The largest absolute Gasteiger partial charge is 0.389 e. The van der Waals surface area contributed by atoms with Crippen molar-refractivity contribution in [2.75, 3.05) is 18.4 Å². The fraction of sp³-hybridized carbons (Fsp3) is 0.500. The maximum atomic E-state index is 12.4. The first-order chi connectivity index (χ1) is 9.97. The van der Waals surface area contributed by atoms with Crippen LogP contribution in [0.25, 0.3) is 0 Å². The van der Waals surface area contributed by atoms with Gasteiger partial charge < -0.3 is 11.1 Å². The van der Waals surface area contributed by atoms with E-state index in [1.165, 1.54) is 6.42 Å². The number of piperidine rings is 1. The fourth-order valence-electron chi connectivity index (χ4n) is 2.74. The molecule has 5 heteroatoms. The Morgan fingerprint density at radius 2 is 2.29 bits per heavy atom. The average molecular weight is 305 g/mol. The van der Waals surface area contributed by atoms with Crippen LogP contribution in [0, 0.1) is 5.92 Å². The second-order valence-electron chi connectivity index (χ2n) is 5.85. The normalized spacial score (nSPS) is 20.8. The van der Waals surface area contributed by atoms with E-state index in [1.807, 2.05) is 31.2 Å². The SMILES string of the molecule is CC1CCCN(C(C)C(=O)Nc2cccc(C(N)=S)c2)C1. The predicted molar refractivity (Wildman–Crippen MR) is 90.4 cm³/mol. The standard InChI is InChI=1S/C16H23N3OS/c1-11-5-4-8-19(10-11)12(2)16(20)18-14-7-3-6-13(9-14)15(17)21/h3,6-7,9,11-12H,4-5,8,10H2,1-2H3,(H2,17,21)(H,18,20). The molecule has 0 spiro atoms. The van der Waals surface area contributed by atoms with E-state index in [-0.39, 0.29) is 11.9 Å². The van der Waals surface area contributed by atoms with Crippen molar-refractivity contribution in [3.05, 3.63) is 29.8 Å². The third kappa shape index (κ3) is 4.25. The number of likely N-dealkylation sites (tertiary alicyclic amines) is 1. The third-order valence-corrected chi connectivity index (χ3v) is 4.27. The molecule has 0 aromatic heterocycles. The third-order valence-electron chi connectivity index (χ3n) is 4.03. The Balaban J connectivity index is 2.00. The van der Waals surface area contributed by atoms with Gasteiger partial charge in [-0.2, -0.15) is 0 Å². The van der Waals surface area contributed by atoms with E-state index >= 15 is 0 Å². The van der Waals surface area contributed by atoms with Gasteiger partial charge in [0, 0.05) is 17.8 Å². The Bertz CT molecular complexity index is 532. The summed E-state index contributed by atoms with van der Waals surface area (Å²) in [5, 5.41) is 2.95. The first-order valence-corrected chi connectivity index (χ1v) is 7.83. The van der Waals surface area contributed by atoms with Crippen LogP contribution in [-0.4, -0.2) is 34.9 Å². The minimum atomic E-state index is -0.124. The van der Waals surface area contributed by atoms with Crippen LogP contribution >= 0.6 is 12.2 Å². The van der Waals surface area contributed by atoms with E-state index in [4.69, 9.17) is 18.0 Å². The molecule has 1 heterocycles. The molecule has 3 N–H and O–H groups in total. The first kappa shape index (κ1) is 15.9. The summed E-state index contributed by atoms with van der Waals surface area (Å²) in [5.74, 6) is 0.677. The van der Waals surface area contributed by atoms with Gasteiger partial charge in [0.1, 0.15) is 4.99 Å². The molecule has 2 rings (SSSR count). The summed E-state index contributed by atoms with van der Waals surface area (Å²) in [7, 11) is 0. The second kappa shape index (κ2) is 7.00. The minimum absolute atomic E-state index is 0.0178. The first-order valence-electron chi connectivity index (χ1n) is 7.42. The Morgan fingerprint density at radius 3 is 2.95 bits per heavy atom. The number of benzene rings is 1. The fourth-order valence-corrected chi connectivity index (χ4v) is 2.87. The monoisotopic (exact) mass is 305 g/mol. The van der Waals surface area contributed by atoms with E-state index in [0.29, 0.717) is 10.9 Å². The summed E-state index contributed by atoms with van der Waals surface area (Å²) in [4.78, 5) is 15.0. The zero-order valence-corrected chi connectivity index (χ0v) is 13.5. The molecule has 1 aliphatic heterocycles. The van der Waals surface area contributed by atoms with Gasteiger partial charge in [0.15, 0.2) is 0 Å². The van der Waals surface area contributed by atoms with Gasteiger partial charge in [0.2, 0.25) is 5.91 Å². The second-order valence-corrected chi connectivity index (χ2v) is 6.29. The number of hydrogen-bond acceptors (Lipinski definition) is 3. The van der Waals surface area contributed by atoms with Crippen molar-refractivity contribution in [1.29, 1.82) is 0 Å². The number of nitrogens with zero attached hydrogens (tertiary/aromatic N) is 1. The van der Waals surface area contributed by atoms with Crippen LogP contribution in [0.1, 0.15) is 32.3 Å². The summed E-state index contributed by atoms with van der Waals surface area (Å²) in [6.45, 7) is 6.18. The molecule has 2 unspecified atom stereocenters. The smallest absolute Gasteiger partial charge is 0.241 e. The molecule has 114 valence electrons. The quantitative estimate of drug-likeness (QED) is 0.839. The van der Waals surface area contributed by atoms with E-state index in [2.05, 4.69) is 17.1 Å². The van der Waals surface area contributed by atoms with Gasteiger partial charge in [-0.15, -0.1) is 0 Å². The Labute approximate surface area is 131 Å². The molecule has 2 atom stereocenters. The molecule has 0 bridgehead atoms. The van der Waals surface area contributed by atoms with E-state index in [9.17, 15) is 4.79 Å². The predicted octanol–water partition coefficient (Wildman–Crippen LogP) is 2.38. The summed E-state index contributed by atoms with van der Waals surface area (Å²) in [5.41, 5.74) is 7.12. The molecular formula is C16H23N3OS. The molecule has 1 aromatic carbocycles. The highest BCUT2D eigenvalue weighted by molar-refractivity contribution is 7.80. The van der Waals surface area contributed by atoms with Crippen molar-refractivity contribution in [2.24, 2.45) is 11.7 Å². The molecule has 1 aromatic rings. The topological polar surface area (TPSA) is 58.4 Å². The Hall–Kier alpha value is -1.46. The molecule has 0 saturated carbocycles. The number of rotatable bonds is 4. The summed E-state index contributed by atoms with van der Waals surface area (Å²) >= 11 is 4.96. The van der Waals surface area contributed by atoms with Gasteiger partial charge in [0.25, 0.3) is 0 Å². The lowest BCUT2D eigenvalue weighted by Gasteiger charge is -2.34. The number of amides is 1. The lowest BCUT2D eigenvalue weighted by molar-refractivity contribution is -0.121. The van der Waals surface area contributed by atoms with Crippen LogP contribution in [0.4, 0.5) is 5.69 Å². The molecule has 0 aliphatic carbocycles. The van der Waals surface area contributed by atoms with Gasteiger partial charge in [-0.3, -0.25) is 9.69 Å². The highest BCUT2D eigenvalue weighted by Gasteiger charge is 2.25. The number of thiocarbonyl (C=S) groups is 1. The number of anilines is 1. The number of hydrogen-bond donors (Lipinski definition) is 2. The van der Waals surface area contributed by atoms with Crippen LogP contribution in [0.5, 0.6) is 0 Å². The van der Waals surface area contributed by atoms with Crippen molar-refractivity contribution >= 4 is 28.8 Å². The molecule has 21 heavy (non-hydrogen) atoms. The highest BCUT2D eigenvalue weighted by atomic mass is 32.1.